The van der Waals surface area contributed by atoms with Crippen molar-refractivity contribution in [1.29, 1.82) is 0 Å². The molecule has 0 fully saturated rings. The fraction of sp³-hybridized carbons (Fsp3) is 0.900. The number of nitrogens with one attached hydrogen (secondary N) is 1. The Balaban J connectivity index is 3.44. The summed E-state index contributed by atoms with van der Waals surface area (Å²) in [5.74, 6) is 0.434. The Morgan fingerprint density at radius 2 is 2.07 bits per heavy atom. The van der Waals surface area contributed by atoms with E-state index in [1.807, 2.05) is 0 Å². The smallest absolute Gasteiger partial charge is 0.220 e. The third kappa shape index (κ3) is 6.86. The van der Waals surface area contributed by atoms with Crippen LogP contribution in [0.1, 0.15) is 32.6 Å². The van der Waals surface area contributed by atoms with Crippen LogP contribution in [0, 0.1) is 5.92 Å². The number of carbonyl (C=O) groups is 1. The third-order valence-corrected chi connectivity index (χ3v) is 2.34. The van der Waals surface area contributed by atoms with Crippen molar-refractivity contribution < 1.29 is 4.79 Å². The zero-order chi connectivity index (χ0) is 10.8. The predicted molar refractivity (Wildman–Crippen MR) is 58.8 cm³/mol. The molecule has 4 heteroatoms. The lowest BCUT2D eigenvalue weighted by atomic mass is 10.0. The van der Waals surface area contributed by atoms with Gasteiger partial charge in [0.25, 0.3) is 0 Å². The molecule has 0 aliphatic heterocycles. The maximum absolute atomic E-state index is 11.3. The number of hydrogen-bond acceptors (Lipinski definition) is 3. The Bertz CT molecular complexity index is 146. The zero-order valence-corrected chi connectivity index (χ0v) is 9.09. The minimum Gasteiger partial charge on any atom is -0.356 e. The summed E-state index contributed by atoms with van der Waals surface area (Å²) in [6.45, 7) is 4.07. The van der Waals surface area contributed by atoms with Gasteiger partial charge in [0.05, 0.1) is 0 Å². The third-order valence-electron chi connectivity index (χ3n) is 2.34. The second-order valence-corrected chi connectivity index (χ2v) is 3.56. The largest absolute Gasteiger partial charge is 0.356 e. The Hall–Kier alpha value is -0.610. The summed E-state index contributed by atoms with van der Waals surface area (Å²) >= 11 is 0. The van der Waals surface area contributed by atoms with Crippen molar-refractivity contribution in [3.8, 4) is 0 Å². The first-order chi connectivity index (χ1) is 6.74. The second-order valence-electron chi connectivity index (χ2n) is 3.56. The summed E-state index contributed by atoms with van der Waals surface area (Å²) < 4.78 is 0. The Morgan fingerprint density at radius 3 is 2.57 bits per heavy atom. The first-order valence-electron chi connectivity index (χ1n) is 5.41. The highest BCUT2D eigenvalue weighted by molar-refractivity contribution is 5.76. The molecule has 0 aliphatic rings. The van der Waals surface area contributed by atoms with Gasteiger partial charge in [0, 0.05) is 13.0 Å². The van der Waals surface area contributed by atoms with Crippen molar-refractivity contribution in [1.82, 2.24) is 5.32 Å². The molecule has 4 nitrogen and oxygen atoms in total. The summed E-state index contributed by atoms with van der Waals surface area (Å²) in [6.07, 6.45) is 3.44. The summed E-state index contributed by atoms with van der Waals surface area (Å²) in [5.41, 5.74) is 10.9. The highest BCUT2D eigenvalue weighted by Gasteiger charge is 2.09. The van der Waals surface area contributed by atoms with Crippen LogP contribution < -0.4 is 16.8 Å². The molecule has 1 atom stereocenters. The van der Waals surface area contributed by atoms with Crippen LogP contribution in [0.4, 0.5) is 0 Å². The fourth-order valence-electron chi connectivity index (χ4n) is 1.23. The van der Waals surface area contributed by atoms with Crippen LogP contribution in [-0.4, -0.2) is 25.5 Å². The predicted octanol–water partition coefficient (Wildman–Crippen LogP) is 0.217. The summed E-state index contributed by atoms with van der Waals surface area (Å²) in [6, 6.07) is 0. The van der Waals surface area contributed by atoms with Gasteiger partial charge in [0.2, 0.25) is 5.91 Å². The number of carbonyl (C=O) groups excluding carboxylic acids is 1. The molecule has 0 spiro atoms. The van der Waals surface area contributed by atoms with Crippen LogP contribution in [0.15, 0.2) is 0 Å². The minimum atomic E-state index is 0.110. The van der Waals surface area contributed by atoms with Gasteiger partial charge in [-0.15, -0.1) is 0 Å². The van der Waals surface area contributed by atoms with E-state index in [1.165, 1.54) is 0 Å². The Morgan fingerprint density at radius 1 is 1.36 bits per heavy atom. The van der Waals surface area contributed by atoms with Crippen molar-refractivity contribution in [2.45, 2.75) is 32.6 Å². The molecule has 0 aromatic heterocycles. The van der Waals surface area contributed by atoms with E-state index in [9.17, 15) is 4.79 Å². The van der Waals surface area contributed by atoms with Gasteiger partial charge in [-0.25, -0.2) is 0 Å². The van der Waals surface area contributed by atoms with Crippen LogP contribution in [-0.2, 0) is 4.79 Å². The molecule has 84 valence electrons. The molecule has 0 aromatic carbocycles. The molecule has 0 radical (unpaired) electrons. The fourth-order valence-corrected chi connectivity index (χ4v) is 1.23. The molecule has 14 heavy (non-hydrogen) atoms. The molecular formula is C10H23N3O. The second kappa shape index (κ2) is 8.97. The normalized spacial score (nSPS) is 12.5. The standard InChI is InChI=1S/C10H23N3O/c1-2-9(8-12)7-10(14)13-6-4-3-5-11/h9H,2-8,11-12H2,1H3,(H,13,14). The van der Waals surface area contributed by atoms with Crippen molar-refractivity contribution in [2.75, 3.05) is 19.6 Å². The topological polar surface area (TPSA) is 81.1 Å². The Labute approximate surface area is 86.4 Å². The number of rotatable bonds is 8. The maximum Gasteiger partial charge on any atom is 0.220 e. The van der Waals surface area contributed by atoms with Crippen LogP contribution in [0.2, 0.25) is 0 Å². The molecule has 0 aliphatic carbocycles. The molecule has 5 N–H and O–H groups in total. The quantitative estimate of drug-likeness (QED) is 0.491. The molecule has 1 unspecified atom stereocenters. The van der Waals surface area contributed by atoms with Gasteiger partial charge in [-0.05, 0) is 31.8 Å². The van der Waals surface area contributed by atoms with Gasteiger partial charge in [-0.3, -0.25) is 4.79 Å². The molecule has 0 saturated carbocycles. The van der Waals surface area contributed by atoms with E-state index in [4.69, 9.17) is 11.5 Å². The van der Waals surface area contributed by atoms with Gasteiger partial charge in [0.1, 0.15) is 0 Å². The molecule has 0 aromatic rings. The molecular weight excluding hydrogens is 178 g/mol. The van der Waals surface area contributed by atoms with Gasteiger partial charge in [-0.2, -0.15) is 0 Å². The van der Waals surface area contributed by atoms with Crippen LogP contribution in [0.25, 0.3) is 0 Å². The van der Waals surface area contributed by atoms with E-state index in [0.29, 0.717) is 25.4 Å². The van der Waals surface area contributed by atoms with E-state index in [-0.39, 0.29) is 5.91 Å². The van der Waals surface area contributed by atoms with Gasteiger partial charge in [0.15, 0.2) is 0 Å². The van der Waals surface area contributed by atoms with Gasteiger partial charge in [-0.1, -0.05) is 13.3 Å². The van der Waals surface area contributed by atoms with Crippen LogP contribution >= 0.6 is 0 Å². The summed E-state index contributed by atoms with van der Waals surface area (Å²) in [7, 11) is 0. The van der Waals surface area contributed by atoms with Gasteiger partial charge < -0.3 is 16.8 Å². The lowest BCUT2D eigenvalue weighted by Crippen LogP contribution is -2.28. The molecule has 0 saturated heterocycles. The number of amides is 1. The van der Waals surface area contributed by atoms with E-state index in [2.05, 4.69) is 12.2 Å². The Kier molecular flexibility index (Phi) is 8.57. The number of nitrogens with two attached hydrogens (primary N) is 2. The van der Waals surface area contributed by atoms with E-state index >= 15 is 0 Å². The SMILES string of the molecule is CCC(CN)CC(=O)NCCCCN. The number of hydrogen-bond donors (Lipinski definition) is 3. The molecule has 0 bridgehead atoms. The highest BCUT2D eigenvalue weighted by atomic mass is 16.1. The molecule has 0 heterocycles. The van der Waals surface area contributed by atoms with Crippen molar-refractivity contribution >= 4 is 5.91 Å². The first-order valence-corrected chi connectivity index (χ1v) is 5.41. The van der Waals surface area contributed by atoms with Crippen LogP contribution in [0.5, 0.6) is 0 Å². The highest BCUT2D eigenvalue weighted by Crippen LogP contribution is 2.05. The lowest BCUT2D eigenvalue weighted by Gasteiger charge is -2.11. The molecule has 1 amide bonds. The van der Waals surface area contributed by atoms with E-state index < -0.39 is 0 Å². The minimum absolute atomic E-state index is 0.110. The van der Waals surface area contributed by atoms with Crippen molar-refractivity contribution in [2.24, 2.45) is 17.4 Å². The average Bonchev–Trinajstić information content (AvgIpc) is 2.21. The first kappa shape index (κ1) is 13.4. The summed E-state index contributed by atoms with van der Waals surface area (Å²) in [5, 5.41) is 2.87. The zero-order valence-electron chi connectivity index (χ0n) is 9.09. The van der Waals surface area contributed by atoms with Crippen molar-refractivity contribution in [3.05, 3.63) is 0 Å². The lowest BCUT2D eigenvalue weighted by molar-refractivity contribution is -0.121. The molecule has 0 rings (SSSR count). The van der Waals surface area contributed by atoms with Crippen molar-refractivity contribution in [3.63, 3.8) is 0 Å². The van der Waals surface area contributed by atoms with E-state index in [0.717, 1.165) is 25.8 Å². The summed E-state index contributed by atoms with van der Waals surface area (Å²) in [4.78, 5) is 11.3. The monoisotopic (exact) mass is 201 g/mol. The van der Waals surface area contributed by atoms with E-state index in [1.54, 1.807) is 0 Å². The number of unbranched alkanes of at least 4 members (excludes halogenated alkanes) is 1. The van der Waals surface area contributed by atoms with Crippen LogP contribution in [0.3, 0.4) is 0 Å². The maximum atomic E-state index is 11.3. The van der Waals surface area contributed by atoms with Gasteiger partial charge >= 0.3 is 0 Å². The average molecular weight is 201 g/mol.